The molecule has 0 atom stereocenters. The van der Waals surface area contributed by atoms with Crippen LogP contribution in [0.3, 0.4) is 0 Å². The van der Waals surface area contributed by atoms with Crippen LogP contribution >= 0.6 is 35.7 Å². The number of amides is 2. The third kappa shape index (κ3) is 6.75. The van der Waals surface area contributed by atoms with Crippen molar-refractivity contribution in [2.45, 2.75) is 17.8 Å². The maximum Gasteiger partial charge on any atom is 0.416 e. The lowest BCUT2D eigenvalue weighted by Crippen LogP contribution is -2.31. The molecule has 5 rings (SSSR count). The molecule has 42 heavy (non-hydrogen) atoms. The van der Waals surface area contributed by atoms with Crippen LogP contribution < -0.4 is 5.32 Å². The maximum absolute atomic E-state index is 13.5. The van der Waals surface area contributed by atoms with E-state index in [0.717, 1.165) is 29.5 Å². The largest absolute Gasteiger partial charge is 0.416 e. The van der Waals surface area contributed by atoms with Gasteiger partial charge in [-0.1, -0.05) is 84.3 Å². The second kappa shape index (κ2) is 12.5. The van der Waals surface area contributed by atoms with Crippen LogP contribution in [-0.4, -0.2) is 48.8 Å². The standard InChI is InChI=1S/C29H21F3N4O3S3/c30-29(31,32)19-9-6-10-20(16-19)33-24(37)17-41-27-34-21-11-4-5-12-22(21)36(27)25(38)13-14-35-26(39)23(42-28(35)40)15-18-7-2-1-3-8-18/h1-12,15-16H,13-14,17H2,(H,33,37)/b23-15-. The van der Waals surface area contributed by atoms with Crippen molar-refractivity contribution in [2.24, 2.45) is 0 Å². The lowest BCUT2D eigenvalue weighted by molar-refractivity contribution is -0.137. The van der Waals surface area contributed by atoms with Crippen LogP contribution in [0.15, 0.2) is 88.9 Å². The minimum atomic E-state index is -4.54. The normalized spacial score (nSPS) is 14.6. The molecule has 1 aromatic heterocycles. The third-order valence-electron chi connectivity index (χ3n) is 6.11. The summed E-state index contributed by atoms with van der Waals surface area (Å²) >= 11 is 7.55. The molecule has 0 unspecified atom stereocenters. The molecule has 2 amide bonds. The Morgan fingerprint density at radius 1 is 1.02 bits per heavy atom. The van der Waals surface area contributed by atoms with Gasteiger partial charge in [-0.05, 0) is 42.0 Å². The second-order valence-corrected chi connectivity index (χ2v) is 11.6. The van der Waals surface area contributed by atoms with Crippen molar-refractivity contribution in [3.05, 3.63) is 94.9 Å². The van der Waals surface area contributed by atoms with E-state index in [9.17, 15) is 27.6 Å². The number of rotatable bonds is 8. The van der Waals surface area contributed by atoms with Crippen molar-refractivity contribution in [1.29, 1.82) is 0 Å². The Kier molecular flexibility index (Phi) is 8.80. The summed E-state index contributed by atoms with van der Waals surface area (Å²) < 4.78 is 40.8. The van der Waals surface area contributed by atoms with E-state index < -0.39 is 17.6 Å². The number of hydrogen-bond donors (Lipinski definition) is 1. The molecular weight excluding hydrogens is 606 g/mol. The minimum absolute atomic E-state index is 0.00445. The second-order valence-electron chi connectivity index (χ2n) is 9.02. The molecule has 1 aliphatic rings. The molecule has 0 radical (unpaired) electrons. The summed E-state index contributed by atoms with van der Waals surface area (Å²) in [5.41, 5.74) is 1.04. The van der Waals surface area contributed by atoms with Crippen LogP contribution in [0.2, 0.25) is 0 Å². The number of nitrogens with one attached hydrogen (secondary N) is 1. The van der Waals surface area contributed by atoms with Gasteiger partial charge in [0.05, 0.1) is 27.3 Å². The molecule has 0 aliphatic carbocycles. The van der Waals surface area contributed by atoms with E-state index in [2.05, 4.69) is 10.3 Å². The Bertz CT molecular complexity index is 1720. The van der Waals surface area contributed by atoms with Crippen molar-refractivity contribution in [3.63, 3.8) is 0 Å². The van der Waals surface area contributed by atoms with Gasteiger partial charge in [-0.25, -0.2) is 4.98 Å². The number of hydrogen-bond acceptors (Lipinski definition) is 7. The summed E-state index contributed by atoms with van der Waals surface area (Å²) in [6.07, 6.45) is -2.85. The average molecular weight is 627 g/mol. The summed E-state index contributed by atoms with van der Waals surface area (Å²) in [4.78, 5) is 45.4. The van der Waals surface area contributed by atoms with Crippen molar-refractivity contribution < 1.29 is 27.6 Å². The summed E-state index contributed by atoms with van der Waals surface area (Å²) in [6.45, 7) is 0.0578. The number of carbonyl (C=O) groups is 3. The lowest BCUT2D eigenvalue weighted by atomic mass is 10.2. The van der Waals surface area contributed by atoms with E-state index in [0.29, 0.717) is 20.3 Å². The van der Waals surface area contributed by atoms with Gasteiger partial charge in [0.15, 0.2) is 5.16 Å². The van der Waals surface area contributed by atoms with Crippen LogP contribution in [0, 0.1) is 0 Å². The number of nitrogens with zero attached hydrogens (tertiary/aromatic N) is 3. The predicted octanol–water partition coefficient (Wildman–Crippen LogP) is 6.72. The fourth-order valence-corrected chi connectivity index (χ4v) is 6.29. The number of thiocarbonyl (C=S) groups is 1. The molecule has 2 heterocycles. The molecule has 0 bridgehead atoms. The van der Waals surface area contributed by atoms with Gasteiger partial charge in [0.1, 0.15) is 4.32 Å². The summed E-state index contributed by atoms with van der Waals surface area (Å²) in [5.74, 6) is -1.40. The number of para-hydroxylation sites is 2. The van der Waals surface area contributed by atoms with Crippen LogP contribution in [-0.2, 0) is 15.8 Å². The number of thioether (sulfide) groups is 2. The fourth-order valence-electron chi connectivity index (χ4n) is 4.15. The first kappa shape index (κ1) is 29.5. The first-order valence-corrected chi connectivity index (χ1v) is 14.7. The molecule has 0 saturated carbocycles. The predicted molar refractivity (Wildman–Crippen MR) is 162 cm³/mol. The van der Waals surface area contributed by atoms with E-state index in [1.165, 1.54) is 33.4 Å². The van der Waals surface area contributed by atoms with E-state index in [1.807, 2.05) is 30.3 Å². The fraction of sp³-hybridized carbons (Fsp3) is 0.138. The molecule has 3 aromatic carbocycles. The highest BCUT2D eigenvalue weighted by atomic mass is 32.2. The van der Waals surface area contributed by atoms with Crippen LogP contribution in [0.25, 0.3) is 17.1 Å². The molecule has 1 N–H and O–H groups in total. The Morgan fingerprint density at radius 3 is 2.52 bits per heavy atom. The Labute approximate surface area is 252 Å². The molecule has 1 aliphatic heterocycles. The number of benzene rings is 3. The molecule has 4 aromatic rings. The first-order valence-electron chi connectivity index (χ1n) is 12.5. The highest BCUT2D eigenvalue weighted by Gasteiger charge is 2.33. The summed E-state index contributed by atoms with van der Waals surface area (Å²) in [5, 5.41) is 2.70. The van der Waals surface area contributed by atoms with Crippen molar-refractivity contribution in [2.75, 3.05) is 17.6 Å². The quantitative estimate of drug-likeness (QED) is 0.132. The summed E-state index contributed by atoms with van der Waals surface area (Å²) in [7, 11) is 0. The molecule has 0 spiro atoms. The highest BCUT2D eigenvalue weighted by molar-refractivity contribution is 8.26. The molecule has 7 nitrogen and oxygen atoms in total. The molecular formula is C29H21F3N4O3S3. The zero-order valence-electron chi connectivity index (χ0n) is 21.6. The van der Waals surface area contributed by atoms with Crippen LogP contribution in [0.5, 0.6) is 0 Å². The number of fused-ring (bicyclic) bond motifs is 1. The molecule has 13 heteroatoms. The lowest BCUT2D eigenvalue weighted by Gasteiger charge is -2.15. The SMILES string of the molecule is O=C(CSc1nc2ccccc2n1C(=O)CCN1C(=O)/C(=C/c2ccccc2)SC1=S)Nc1cccc(C(F)(F)F)c1. The van der Waals surface area contributed by atoms with Crippen molar-refractivity contribution >= 4 is 80.6 Å². The first-order chi connectivity index (χ1) is 20.1. The Balaban J connectivity index is 1.27. The van der Waals surface area contributed by atoms with E-state index in [-0.39, 0.29) is 41.4 Å². The Morgan fingerprint density at radius 2 is 1.76 bits per heavy atom. The van der Waals surface area contributed by atoms with E-state index in [4.69, 9.17) is 12.2 Å². The number of halogens is 3. The van der Waals surface area contributed by atoms with Gasteiger partial charge in [-0.2, -0.15) is 13.2 Å². The third-order valence-corrected chi connectivity index (χ3v) is 8.42. The number of carbonyl (C=O) groups excluding carboxylic acids is 3. The summed E-state index contributed by atoms with van der Waals surface area (Å²) in [6, 6.07) is 20.6. The minimum Gasteiger partial charge on any atom is -0.325 e. The van der Waals surface area contributed by atoms with Gasteiger partial charge in [0, 0.05) is 18.7 Å². The average Bonchev–Trinajstić information content (AvgIpc) is 3.46. The Hall–Kier alpha value is -3.94. The highest BCUT2D eigenvalue weighted by Crippen LogP contribution is 2.33. The maximum atomic E-state index is 13.5. The monoisotopic (exact) mass is 626 g/mol. The van der Waals surface area contributed by atoms with Crippen LogP contribution in [0.1, 0.15) is 22.3 Å². The number of alkyl halides is 3. The van der Waals surface area contributed by atoms with Gasteiger partial charge in [0.2, 0.25) is 11.8 Å². The van der Waals surface area contributed by atoms with Crippen molar-refractivity contribution in [1.82, 2.24) is 14.5 Å². The van der Waals surface area contributed by atoms with Gasteiger partial charge < -0.3 is 5.32 Å². The van der Waals surface area contributed by atoms with Gasteiger partial charge in [-0.3, -0.25) is 23.9 Å². The number of imidazole rings is 1. The molecule has 1 fully saturated rings. The molecule has 214 valence electrons. The van der Waals surface area contributed by atoms with Gasteiger partial charge in [0.25, 0.3) is 5.91 Å². The van der Waals surface area contributed by atoms with E-state index in [1.54, 1.807) is 30.3 Å². The molecule has 1 saturated heterocycles. The number of anilines is 1. The van der Waals surface area contributed by atoms with Crippen LogP contribution in [0.4, 0.5) is 18.9 Å². The van der Waals surface area contributed by atoms with Gasteiger partial charge in [-0.15, -0.1) is 0 Å². The topological polar surface area (TPSA) is 84.3 Å². The smallest absolute Gasteiger partial charge is 0.325 e. The van der Waals surface area contributed by atoms with E-state index >= 15 is 0 Å². The zero-order valence-corrected chi connectivity index (χ0v) is 24.1. The number of aromatic nitrogens is 2. The van der Waals surface area contributed by atoms with Gasteiger partial charge >= 0.3 is 6.18 Å². The zero-order chi connectivity index (χ0) is 29.9. The van der Waals surface area contributed by atoms with Crippen molar-refractivity contribution in [3.8, 4) is 0 Å².